The third-order valence-electron chi connectivity index (χ3n) is 3.00. The Kier molecular flexibility index (Phi) is 6.36. The maximum atomic E-state index is 12.2. The first-order valence-corrected chi connectivity index (χ1v) is 7.01. The van der Waals surface area contributed by atoms with Crippen LogP contribution >= 0.6 is 15.9 Å². The van der Waals surface area contributed by atoms with Crippen molar-refractivity contribution in [3.8, 4) is 0 Å². The van der Waals surface area contributed by atoms with Crippen LogP contribution in [0.25, 0.3) is 0 Å². The van der Waals surface area contributed by atoms with Gasteiger partial charge < -0.3 is 10.2 Å². The van der Waals surface area contributed by atoms with Crippen molar-refractivity contribution in [1.29, 1.82) is 0 Å². The van der Waals surface area contributed by atoms with Crippen LogP contribution in [-0.2, 0) is 11.3 Å². The van der Waals surface area contributed by atoms with E-state index in [1.165, 1.54) is 0 Å². The van der Waals surface area contributed by atoms with Gasteiger partial charge in [0.15, 0.2) is 0 Å². The fourth-order valence-corrected chi connectivity index (χ4v) is 2.17. The van der Waals surface area contributed by atoms with Crippen molar-refractivity contribution in [2.45, 2.75) is 19.9 Å². The van der Waals surface area contributed by atoms with Crippen molar-refractivity contribution in [2.75, 3.05) is 20.6 Å². The van der Waals surface area contributed by atoms with Gasteiger partial charge in [-0.3, -0.25) is 4.79 Å². The van der Waals surface area contributed by atoms with E-state index in [4.69, 9.17) is 0 Å². The van der Waals surface area contributed by atoms with E-state index in [2.05, 4.69) is 21.2 Å². The highest BCUT2D eigenvalue weighted by Gasteiger charge is 2.19. The molecule has 0 spiro atoms. The summed E-state index contributed by atoms with van der Waals surface area (Å²) in [4.78, 5) is 14.0. The third kappa shape index (κ3) is 4.42. The molecule has 1 amide bonds. The zero-order valence-electron chi connectivity index (χ0n) is 11.2. The molecule has 0 aliphatic carbocycles. The monoisotopic (exact) mass is 312 g/mol. The van der Waals surface area contributed by atoms with Crippen LogP contribution in [0.2, 0.25) is 0 Å². The van der Waals surface area contributed by atoms with Gasteiger partial charge in [0.1, 0.15) is 0 Å². The summed E-state index contributed by atoms with van der Waals surface area (Å²) in [5, 5.41) is 3.07. The van der Waals surface area contributed by atoms with Crippen LogP contribution in [0.1, 0.15) is 18.9 Å². The van der Waals surface area contributed by atoms with Crippen LogP contribution in [0.4, 0.5) is 0 Å². The van der Waals surface area contributed by atoms with Crippen molar-refractivity contribution in [1.82, 2.24) is 10.2 Å². The van der Waals surface area contributed by atoms with Crippen molar-refractivity contribution in [3.05, 3.63) is 34.3 Å². The molecule has 1 unspecified atom stereocenters. The lowest BCUT2D eigenvalue weighted by atomic mass is 10.0. The van der Waals surface area contributed by atoms with E-state index in [1.807, 2.05) is 45.3 Å². The number of halogens is 1. The Morgan fingerprint density at radius 1 is 1.39 bits per heavy atom. The maximum absolute atomic E-state index is 12.2. The number of rotatable bonds is 6. The average Bonchev–Trinajstić information content (AvgIpc) is 2.37. The molecule has 0 bridgehead atoms. The van der Waals surface area contributed by atoms with E-state index >= 15 is 0 Å². The topological polar surface area (TPSA) is 32.3 Å². The molecule has 0 radical (unpaired) electrons. The molecule has 0 saturated carbocycles. The van der Waals surface area contributed by atoms with Gasteiger partial charge >= 0.3 is 0 Å². The Labute approximate surface area is 118 Å². The number of carbonyl (C=O) groups is 1. The average molecular weight is 313 g/mol. The lowest BCUT2D eigenvalue weighted by molar-refractivity contribution is -0.134. The number of amides is 1. The summed E-state index contributed by atoms with van der Waals surface area (Å²) in [5.74, 6) is 0.269. The third-order valence-corrected chi connectivity index (χ3v) is 3.53. The SMILES string of the molecule is CCC(CNC)C(=O)N(C)Cc1ccc(Br)cc1. The van der Waals surface area contributed by atoms with Gasteiger partial charge in [-0.1, -0.05) is 35.0 Å². The second-order valence-corrected chi connectivity index (χ2v) is 5.40. The summed E-state index contributed by atoms with van der Waals surface area (Å²) >= 11 is 3.41. The molecule has 1 aromatic rings. The van der Waals surface area contributed by atoms with E-state index < -0.39 is 0 Å². The molecule has 3 nitrogen and oxygen atoms in total. The molecule has 0 aliphatic rings. The van der Waals surface area contributed by atoms with Gasteiger partial charge in [0, 0.05) is 24.6 Å². The maximum Gasteiger partial charge on any atom is 0.226 e. The van der Waals surface area contributed by atoms with E-state index in [9.17, 15) is 4.79 Å². The van der Waals surface area contributed by atoms with Crippen molar-refractivity contribution in [3.63, 3.8) is 0 Å². The molecule has 0 fully saturated rings. The van der Waals surface area contributed by atoms with Crippen molar-refractivity contribution in [2.24, 2.45) is 5.92 Å². The predicted octanol–water partition coefficient (Wildman–Crippen LogP) is 2.65. The highest BCUT2D eigenvalue weighted by molar-refractivity contribution is 9.10. The summed E-state index contributed by atoms with van der Waals surface area (Å²) in [7, 11) is 3.74. The van der Waals surface area contributed by atoms with Crippen LogP contribution in [-0.4, -0.2) is 31.4 Å². The lowest BCUT2D eigenvalue weighted by Crippen LogP contribution is -2.36. The smallest absolute Gasteiger partial charge is 0.226 e. The molecule has 1 atom stereocenters. The number of hydrogen-bond acceptors (Lipinski definition) is 2. The molecule has 0 saturated heterocycles. The number of benzene rings is 1. The van der Waals surface area contributed by atoms with Crippen LogP contribution in [0.5, 0.6) is 0 Å². The van der Waals surface area contributed by atoms with Crippen LogP contribution in [0, 0.1) is 5.92 Å². The molecule has 1 aromatic carbocycles. The standard InChI is InChI=1S/C14H21BrN2O/c1-4-12(9-16-2)14(18)17(3)10-11-5-7-13(15)8-6-11/h5-8,12,16H,4,9-10H2,1-3H3. The molecule has 1 N–H and O–H groups in total. The van der Waals surface area contributed by atoms with E-state index in [1.54, 1.807) is 4.90 Å². The minimum Gasteiger partial charge on any atom is -0.341 e. The van der Waals surface area contributed by atoms with Crippen LogP contribution in [0.15, 0.2) is 28.7 Å². The molecule has 0 aliphatic heterocycles. The van der Waals surface area contributed by atoms with Gasteiger partial charge in [-0.15, -0.1) is 0 Å². The fraction of sp³-hybridized carbons (Fsp3) is 0.500. The van der Waals surface area contributed by atoms with Gasteiger partial charge in [-0.2, -0.15) is 0 Å². The van der Waals surface area contributed by atoms with E-state index in [-0.39, 0.29) is 11.8 Å². The van der Waals surface area contributed by atoms with Gasteiger partial charge in [-0.05, 0) is 31.2 Å². The fourth-order valence-electron chi connectivity index (χ4n) is 1.91. The quantitative estimate of drug-likeness (QED) is 0.876. The molecular weight excluding hydrogens is 292 g/mol. The Hall–Kier alpha value is -0.870. The van der Waals surface area contributed by atoms with E-state index in [0.717, 1.165) is 23.0 Å². The summed E-state index contributed by atoms with van der Waals surface area (Å²) in [6.07, 6.45) is 0.865. The highest BCUT2D eigenvalue weighted by Crippen LogP contribution is 2.13. The molecule has 18 heavy (non-hydrogen) atoms. The van der Waals surface area contributed by atoms with E-state index in [0.29, 0.717) is 6.54 Å². The van der Waals surface area contributed by atoms with Crippen molar-refractivity contribution < 1.29 is 4.79 Å². The van der Waals surface area contributed by atoms with Gasteiger partial charge in [0.25, 0.3) is 0 Å². The van der Waals surface area contributed by atoms with Gasteiger partial charge in [-0.25, -0.2) is 0 Å². The molecule has 4 heteroatoms. The van der Waals surface area contributed by atoms with Crippen molar-refractivity contribution >= 4 is 21.8 Å². The number of nitrogens with zero attached hydrogens (tertiary/aromatic N) is 1. The predicted molar refractivity (Wildman–Crippen MR) is 78.3 cm³/mol. The Bertz CT molecular complexity index is 378. The first kappa shape index (κ1) is 15.2. The summed E-state index contributed by atoms with van der Waals surface area (Å²) < 4.78 is 1.06. The highest BCUT2D eigenvalue weighted by atomic mass is 79.9. The van der Waals surface area contributed by atoms with Gasteiger partial charge in [0.05, 0.1) is 5.92 Å². The molecule has 100 valence electrons. The number of hydrogen-bond donors (Lipinski definition) is 1. The summed E-state index contributed by atoms with van der Waals surface area (Å²) in [6.45, 7) is 3.44. The zero-order chi connectivity index (χ0) is 13.5. The molecular formula is C14H21BrN2O. The second kappa shape index (κ2) is 7.54. The minimum absolute atomic E-state index is 0.0652. The van der Waals surface area contributed by atoms with Crippen LogP contribution in [0.3, 0.4) is 0 Å². The first-order chi connectivity index (χ1) is 8.58. The number of carbonyl (C=O) groups excluding carboxylic acids is 1. The number of nitrogens with one attached hydrogen (secondary N) is 1. The largest absolute Gasteiger partial charge is 0.341 e. The molecule has 1 rings (SSSR count). The first-order valence-electron chi connectivity index (χ1n) is 6.22. The lowest BCUT2D eigenvalue weighted by Gasteiger charge is -2.23. The zero-order valence-corrected chi connectivity index (χ0v) is 12.8. The normalized spacial score (nSPS) is 12.2. The molecule has 0 heterocycles. The Morgan fingerprint density at radius 2 is 2.00 bits per heavy atom. The Balaban J connectivity index is 2.61. The van der Waals surface area contributed by atoms with Gasteiger partial charge in [0.2, 0.25) is 5.91 Å². The molecule has 0 aromatic heterocycles. The Morgan fingerprint density at radius 3 is 2.50 bits per heavy atom. The summed E-state index contributed by atoms with van der Waals surface area (Å²) in [6, 6.07) is 8.07. The summed E-state index contributed by atoms with van der Waals surface area (Å²) in [5.41, 5.74) is 1.15. The van der Waals surface area contributed by atoms with Crippen LogP contribution < -0.4 is 5.32 Å². The minimum atomic E-state index is 0.0652. The second-order valence-electron chi connectivity index (χ2n) is 4.48.